The van der Waals surface area contributed by atoms with Gasteiger partial charge in [0.2, 0.25) is 0 Å². The van der Waals surface area contributed by atoms with Crippen LogP contribution in [0.25, 0.3) is 0 Å². The maximum absolute atomic E-state index is 12.2. The molecular weight excluding hydrogens is 332 g/mol. The molecule has 23 heavy (non-hydrogen) atoms. The molecular formula is C17H19ClN2O2S. The highest BCUT2D eigenvalue weighted by Crippen LogP contribution is 2.11. The zero-order chi connectivity index (χ0) is 16.9. The largest absolute Gasteiger partial charge is 0.276 e. The minimum absolute atomic E-state index is 0.192. The van der Waals surface area contributed by atoms with Gasteiger partial charge in [-0.05, 0) is 43.5 Å². The van der Waals surface area contributed by atoms with Crippen LogP contribution in [0, 0.1) is 6.92 Å². The molecule has 0 saturated heterocycles. The third kappa shape index (κ3) is 4.81. The van der Waals surface area contributed by atoms with Gasteiger partial charge in [-0.1, -0.05) is 42.0 Å². The van der Waals surface area contributed by atoms with Crippen molar-refractivity contribution in [2.24, 2.45) is 5.10 Å². The van der Waals surface area contributed by atoms with Gasteiger partial charge >= 0.3 is 0 Å². The molecule has 2 aromatic carbocycles. The Morgan fingerprint density at radius 3 is 2.26 bits per heavy atom. The van der Waals surface area contributed by atoms with E-state index in [9.17, 15) is 8.42 Å². The van der Waals surface area contributed by atoms with Crippen molar-refractivity contribution in [2.45, 2.75) is 25.2 Å². The van der Waals surface area contributed by atoms with Gasteiger partial charge in [-0.2, -0.15) is 18.4 Å². The molecule has 0 unspecified atom stereocenters. The second-order valence-electron chi connectivity index (χ2n) is 5.24. The maximum atomic E-state index is 12.2. The average Bonchev–Trinajstić information content (AvgIpc) is 2.54. The third-order valence-corrected chi connectivity index (χ3v) is 4.83. The van der Waals surface area contributed by atoms with Crippen LogP contribution in [0.15, 0.2) is 58.5 Å². The molecule has 0 radical (unpaired) electrons. The molecule has 6 heteroatoms. The molecule has 122 valence electrons. The fourth-order valence-electron chi connectivity index (χ4n) is 1.98. The molecule has 0 aliphatic rings. The Morgan fingerprint density at radius 2 is 1.70 bits per heavy atom. The molecule has 0 heterocycles. The molecule has 0 atom stereocenters. The smallest absolute Gasteiger partial charge is 0.200 e. The number of hydrogen-bond acceptors (Lipinski definition) is 3. The van der Waals surface area contributed by atoms with E-state index in [4.69, 9.17) is 11.6 Å². The molecule has 2 rings (SSSR count). The number of hydrogen-bond donors (Lipinski definition) is 1. The molecule has 0 aromatic heterocycles. The molecule has 0 saturated carbocycles. The highest BCUT2D eigenvalue weighted by atomic mass is 35.5. The van der Waals surface area contributed by atoms with Crippen LogP contribution in [0.5, 0.6) is 0 Å². The number of rotatable bonds is 6. The number of alkyl halides is 1. The van der Waals surface area contributed by atoms with Gasteiger partial charge in [0, 0.05) is 5.88 Å². The van der Waals surface area contributed by atoms with E-state index in [0.29, 0.717) is 11.6 Å². The van der Waals surface area contributed by atoms with Gasteiger partial charge in [0.05, 0.1) is 10.6 Å². The Kier molecular flexibility index (Phi) is 5.80. The van der Waals surface area contributed by atoms with Crippen molar-refractivity contribution in [3.63, 3.8) is 0 Å². The number of nitrogens with one attached hydrogen (secondary N) is 1. The minimum atomic E-state index is -3.65. The zero-order valence-electron chi connectivity index (χ0n) is 13.1. The molecule has 0 spiro atoms. The number of nitrogens with zero attached hydrogens (tertiary/aromatic N) is 1. The van der Waals surface area contributed by atoms with E-state index in [2.05, 4.69) is 9.93 Å². The van der Waals surface area contributed by atoms with E-state index in [0.717, 1.165) is 23.1 Å². The summed E-state index contributed by atoms with van der Waals surface area (Å²) in [6.07, 6.45) is 0.804. The summed E-state index contributed by atoms with van der Waals surface area (Å²) in [5.74, 6) is 0.572. The van der Waals surface area contributed by atoms with Crippen LogP contribution in [0.4, 0.5) is 0 Å². The predicted octanol–water partition coefficient (Wildman–Crippen LogP) is 3.48. The van der Waals surface area contributed by atoms with Crippen molar-refractivity contribution < 1.29 is 8.42 Å². The van der Waals surface area contributed by atoms with E-state index in [1.54, 1.807) is 31.2 Å². The van der Waals surface area contributed by atoms with Gasteiger partial charge in [0.15, 0.2) is 0 Å². The summed E-state index contributed by atoms with van der Waals surface area (Å²) >= 11 is 5.71. The number of aryl methyl sites for hydroxylation is 2. The van der Waals surface area contributed by atoms with Crippen LogP contribution in [0.2, 0.25) is 0 Å². The maximum Gasteiger partial charge on any atom is 0.276 e. The van der Waals surface area contributed by atoms with Gasteiger partial charge in [0.25, 0.3) is 10.0 Å². The topological polar surface area (TPSA) is 58.5 Å². The van der Waals surface area contributed by atoms with E-state index in [1.165, 1.54) is 0 Å². The van der Waals surface area contributed by atoms with E-state index >= 15 is 0 Å². The van der Waals surface area contributed by atoms with Gasteiger partial charge in [-0.25, -0.2) is 0 Å². The van der Waals surface area contributed by atoms with E-state index in [-0.39, 0.29) is 4.90 Å². The Labute approximate surface area is 142 Å². The summed E-state index contributed by atoms with van der Waals surface area (Å²) in [4.78, 5) is 2.46. The number of halogens is 1. The Morgan fingerprint density at radius 1 is 1.09 bits per heavy atom. The third-order valence-electron chi connectivity index (χ3n) is 3.42. The average molecular weight is 351 g/mol. The molecule has 4 nitrogen and oxygen atoms in total. The van der Waals surface area contributed by atoms with Crippen LogP contribution in [-0.4, -0.2) is 20.0 Å². The standard InChI is InChI=1S/C17H19ClN2O2S/c1-13-3-9-17(10-4-13)23(21,22)20-19-14(2)16-7-5-15(6-8-16)11-12-18/h3-10,20H,11-12H2,1-2H3. The van der Waals surface area contributed by atoms with Crippen LogP contribution in [0.3, 0.4) is 0 Å². The summed E-state index contributed by atoms with van der Waals surface area (Å²) in [5, 5.41) is 3.99. The molecule has 0 fully saturated rings. The summed E-state index contributed by atoms with van der Waals surface area (Å²) in [6.45, 7) is 3.66. The van der Waals surface area contributed by atoms with Crippen molar-refractivity contribution in [1.29, 1.82) is 0 Å². The zero-order valence-corrected chi connectivity index (χ0v) is 14.7. The molecule has 0 amide bonds. The van der Waals surface area contributed by atoms with Crippen LogP contribution in [0.1, 0.15) is 23.6 Å². The number of hydrazone groups is 1. The highest BCUT2D eigenvalue weighted by Gasteiger charge is 2.12. The van der Waals surface area contributed by atoms with E-state index < -0.39 is 10.0 Å². The molecule has 0 bridgehead atoms. The quantitative estimate of drug-likeness (QED) is 0.492. The Balaban J connectivity index is 2.13. The first kappa shape index (κ1) is 17.5. The first-order valence-corrected chi connectivity index (χ1v) is 9.22. The van der Waals surface area contributed by atoms with Gasteiger partial charge in [0.1, 0.15) is 0 Å². The molecule has 0 aliphatic carbocycles. The fraction of sp³-hybridized carbons (Fsp3) is 0.235. The fourth-order valence-corrected chi connectivity index (χ4v) is 3.06. The summed E-state index contributed by atoms with van der Waals surface area (Å²) in [5.41, 5.74) is 3.59. The van der Waals surface area contributed by atoms with Gasteiger partial charge in [-0.15, -0.1) is 11.6 Å². The van der Waals surface area contributed by atoms with E-state index in [1.807, 2.05) is 31.2 Å². The summed E-state index contributed by atoms with van der Waals surface area (Å²) in [7, 11) is -3.65. The Hall–Kier alpha value is -1.85. The molecule has 0 aliphatic heterocycles. The molecule has 1 N–H and O–H groups in total. The first-order valence-electron chi connectivity index (χ1n) is 7.20. The highest BCUT2D eigenvalue weighted by molar-refractivity contribution is 7.89. The van der Waals surface area contributed by atoms with Crippen molar-refractivity contribution in [1.82, 2.24) is 4.83 Å². The second-order valence-corrected chi connectivity index (χ2v) is 7.28. The van der Waals surface area contributed by atoms with Crippen molar-refractivity contribution in [2.75, 3.05) is 5.88 Å². The SMILES string of the molecule is CC(=NNS(=O)(=O)c1ccc(C)cc1)c1ccc(CCCl)cc1. The van der Waals surface area contributed by atoms with Crippen LogP contribution < -0.4 is 4.83 Å². The van der Waals surface area contributed by atoms with Gasteiger partial charge < -0.3 is 0 Å². The lowest BCUT2D eigenvalue weighted by molar-refractivity contribution is 0.584. The van der Waals surface area contributed by atoms with Crippen LogP contribution >= 0.6 is 11.6 Å². The second kappa shape index (κ2) is 7.62. The van der Waals surface area contributed by atoms with Crippen molar-refractivity contribution in [3.8, 4) is 0 Å². The summed E-state index contributed by atoms with van der Waals surface area (Å²) in [6, 6.07) is 14.4. The lowest BCUT2D eigenvalue weighted by Crippen LogP contribution is -2.20. The van der Waals surface area contributed by atoms with Gasteiger partial charge in [-0.3, -0.25) is 0 Å². The number of sulfonamides is 1. The van der Waals surface area contributed by atoms with Crippen LogP contribution in [-0.2, 0) is 16.4 Å². The van der Waals surface area contributed by atoms with Crippen molar-refractivity contribution >= 4 is 27.3 Å². The Bertz CT molecular complexity index is 782. The normalized spacial score (nSPS) is 12.2. The molecule has 2 aromatic rings. The lowest BCUT2D eigenvalue weighted by Gasteiger charge is -2.06. The number of benzene rings is 2. The van der Waals surface area contributed by atoms with Crippen molar-refractivity contribution in [3.05, 3.63) is 65.2 Å². The predicted molar refractivity (Wildman–Crippen MR) is 94.6 cm³/mol. The first-order chi connectivity index (χ1) is 10.9. The lowest BCUT2D eigenvalue weighted by atomic mass is 10.1. The monoisotopic (exact) mass is 350 g/mol. The minimum Gasteiger partial charge on any atom is -0.200 e. The summed E-state index contributed by atoms with van der Waals surface area (Å²) < 4.78 is 24.4.